The zero-order valence-electron chi connectivity index (χ0n) is 11.1. The van der Waals surface area contributed by atoms with Crippen molar-refractivity contribution in [1.29, 1.82) is 0 Å². The number of carbonyl (C=O) groups excluding carboxylic acids is 1. The number of unbranched alkanes of at least 4 members (excludes halogenated alkanes) is 3. The first kappa shape index (κ1) is 14.2. The first-order valence-electron chi connectivity index (χ1n) is 6.82. The van der Waals surface area contributed by atoms with Gasteiger partial charge in [0.25, 0.3) is 0 Å². The highest BCUT2D eigenvalue weighted by Gasteiger charge is 2.23. The van der Waals surface area contributed by atoms with Crippen LogP contribution >= 0.6 is 0 Å². The van der Waals surface area contributed by atoms with Crippen LogP contribution in [0.2, 0.25) is 0 Å². The molecule has 0 bridgehead atoms. The van der Waals surface area contributed by atoms with Crippen molar-refractivity contribution in [1.82, 2.24) is 10.2 Å². The molecule has 0 unspecified atom stereocenters. The van der Waals surface area contributed by atoms with E-state index in [0.29, 0.717) is 5.91 Å². The molecular formula is C14H26N2O. The van der Waals surface area contributed by atoms with Crippen LogP contribution in [0, 0.1) is 5.92 Å². The minimum Gasteiger partial charge on any atom is -0.346 e. The lowest BCUT2D eigenvalue weighted by Crippen LogP contribution is -2.39. The predicted octanol–water partition coefficient (Wildman–Crippen LogP) is 2.19. The molecule has 0 aromatic carbocycles. The third-order valence-electron chi connectivity index (χ3n) is 3.47. The Bertz CT molecular complexity index is 234. The van der Waals surface area contributed by atoms with Gasteiger partial charge in [-0.15, -0.1) is 6.58 Å². The summed E-state index contributed by atoms with van der Waals surface area (Å²) in [5, 5.41) is 3.29. The molecule has 1 heterocycles. The first-order valence-corrected chi connectivity index (χ1v) is 6.82. The van der Waals surface area contributed by atoms with Crippen molar-refractivity contribution in [3.05, 3.63) is 12.7 Å². The van der Waals surface area contributed by atoms with Crippen molar-refractivity contribution < 1.29 is 4.79 Å². The Morgan fingerprint density at radius 2 is 2.06 bits per heavy atom. The molecule has 1 N–H and O–H groups in total. The van der Waals surface area contributed by atoms with Crippen molar-refractivity contribution in [2.45, 2.75) is 38.5 Å². The molecule has 1 aliphatic rings. The van der Waals surface area contributed by atoms with Crippen molar-refractivity contribution in [2.24, 2.45) is 5.92 Å². The highest BCUT2D eigenvalue weighted by atomic mass is 16.2. The van der Waals surface area contributed by atoms with Crippen molar-refractivity contribution in [3.63, 3.8) is 0 Å². The van der Waals surface area contributed by atoms with E-state index in [0.717, 1.165) is 45.3 Å². The summed E-state index contributed by atoms with van der Waals surface area (Å²) >= 11 is 0. The SMILES string of the molecule is C=CCCCCCN(C)C(=O)C1CCNCC1. The number of hydrogen-bond donors (Lipinski definition) is 1. The molecular weight excluding hydrogens is 212 g/mol. The van der Waals surface area contributed by atoms with Crippen LogP contribution in [0.4, 0.5) is 0 Å². The van der Waals surface area contributed by atoms with Crippen LogP contribution in [0.25, 0.3) is 0 Å². The van der Waals surface area contributed by atoms with Crippen LogP contribution in [0.15, 0.2) is 12.7 Å². The van der Waals surface area contributed by atoms with Crippen LogP contribution in [0.1, 0.15) is 38.5 Å². The Morgan fingerprint density at radius 1 is 1.35 bits per heavy atom. The minimum atomic E-state index is 0.259. The van der Waals surface area contributed by atoms with Gasteiger partial charge in [-0.05, 0) is 45.2 Å². The molecule has 1 fully saturated rings. The molecule has 1 amide bonds. The van der Waals surface area contributed by atoms with Gasteiger partial charge >= 0.3 is 0 Å². The Morgan fingerprint density at radius 3 is 2.71 bits per heavy atom. The van der Waals surface area contributed by atoms with Gasteiger partial charge < -0.3 is 10.2 Å². The summed E-state index contributed by atoms with van der Waals surface area (Å²) in [6, 6.07) is 0. The van der Waals surface area contributed by atoms with Gasteiger partial charge in [0.15, 0.2) is 0 Å². The molecule has 0 atom stereocenters. The summed E-state index contributed by atoms with van der Waals surface area (Å²) in [6.07, 6.45) is 8.55. The molecule has 1 rings (SSSR count). The number of rotatable bonds is 7. The van der Waals surface area contributed by atoms with Crippen LogP contribution in [0.3, 0.4) is 0 Å². The number of piperidine rings is 1. The number of nitrogens with zero attached hydrogens (tertiary/aromatic N) is 1. The zero-order chi connectivity index (χ0) is 12.5. The highest BCUT2D eigenvalue weighted by Crippen LogP contribution is 2.14. The monoisotopic (exact) mass is 238 g/mol. The molecule has 98 valence electrons. The van der Waals surface area contributed by atoms with E-state index in [9.17, 15) is 4.79 Å². The maximum absolute atomic E-state index is 12.1. The summed E-state index contributed by atoms with van der Waals surface area (Å²) in [5.74, 6) is 0.602. The topological polar surface area (TPSA) is 32.3 Å². The second kappa shape index (κ2) is 8.29. The van der Waals surface area contributed by atoms with E-state index in [-0.39, 0.29) is 5.92 Å². The molecule has 3 heteroatoms. The van der Waals surface area contributed by atoms with Gasteiger partial charge in [-0.3, -0.25) is 4.79 Å². The lowest BCUT2D eigenvalue weighted by molar-refractivity contribution is -0.135. The number of allylic oxidation sites excluding steroid dienone is 1. The first-order chi connectivity index (χ1) is 8.25. The third-order valence-corrected chi connectivity index (χ3v) is 3.47. The summed E-state index contributed by atoms with van der Waals surface area (Å²) in [7, 11) is 1.94. The molecule has 1 aliphatic heterocycles. The number of hydrogen-bond acceptors (Lipinski definition) is 2. The van der Waals surface area contributed by atoms with Gasteiger partial charge in [0, 0.05) is 19.5 Å². The second-order valence-electron chi connectivity index (χ2n) is 4.92. The largest absolute Gasteiger partial charge is 0.346 e. The van der Waals surface area contributed by atoms with E-state index in [1.807, 2.05) is 18.0 Å². The zero-order valence-corrected chi connectivity index (χ0v) is 11.1. The van der Waals surface area contributed by atoms with Gasteiger partial charge in [0.2, 0.25) is 5.91 Å². The van der Waals surface area contributed by atoms with E-state index in [4.69, 9.17) is 0 Å². The highest BCUT2D eigenvalue weighted by molar-refractivity contribution is 5.78. The lowest BCUT2D eigenvalue weighted by Gasteiger charge is -2.26. The average Bonchev–Trinajstić information content (AvgIpc) is 2.38. The molecule has 0 aromatic heterocycles. The van der Waals surface area contributed by atoms with Gasteiger partial charge in [0.1, 0.15) is 0 Å². The van der Waals surface area contributed by atoms with Crippen molar-refractivity contribution >= 4 is 5.91 Å². The maximum Gasteiger partial charge on any atom is 0.225 e. The van der Waals surface area contributed by atoms with E-state index in [1.54, 1.807) is 0 Å². The standard InChI is InChI=1S/C14H26N2O/c1-3-4-5-6-7-12-16(2)14(17)13-8-10-15-11-9-13/h3,13,15H,1,4-12H2,2H3. The van der Waals surface area contributed by atoms with Gasteiger partial charge in [-0.1, -0.05) is 12.5 Å². The van der Waals surface area contributed by atoms with E-state index >= 15 is 0 Å². The number of amides is 1. The molecule has 0 spiro atoms. The van der Waals surface area contributed by atoms with E-state index in [1.165, 1.54) is 12.8 Å². The third kappa shape index (κ3) is 5.35. The summed E-state index contributed by atoms with van der Waals surface area (Å²) in [5.41, 5.74) is 0. The molecule has 1 saturated heterocycles. The maximum atomic E-state index is 12.1. The Hall–Kier alpha value is -0.830. The number of carbonyl (C=O) groups is 1. The predicted molar refractivity (Wildman–Crippen MR) is 71.9 cm³/mol. The average molecular weight is 238 g/mol. The van der Waals surface area contributed by atoms with Crippen molar-refractivity contribution in [3.8, 4) is 0 Å². The lowest BCUT2D eigenvalue weighted by atomic mass is 9.96. The quantitative estimate of drug-likeness (QED) is 0.545. The minimum absolute atomic E-state index is 0.259. The van der Waals surface area contributed by atoms with Crippen molar-refractivity contribution in [2.75, 3.05) is 26.7 Å². The van der Waals surface area contributed by atoms with Crippen LogP contribution in [-0.2, 0) is 4.79 Å². The van der Waals surface area contributed by atoms with E-state index < -0.39 is 0 Å². The summed E-state index contributed by atoms with van der Waals surface area (Å²) in [6.45, 7) is 6.59. The fourth-order valence-electron chi connectivity index (χ4n) is 2.31. The van der Waals surface area contributed by atoms with Gasteiger partial charge in [-0.25, -0.2) is 0 Å². The molecule has 0 radical (unpaired) electrons. The van der Waals surface area contributed by atoms with Gasteiger partial charge in [0.05, 0.1) is 0 Å². The van der Waals surface area contributed by atoms with Crippen LogP contribution in [0.5, 0.6) is 0 Å². The fraction of sp³-hybridized carbons (Fsp3) is 0.786. The smallest absolute Gasteiger partial charge is 0.225 e. The fourth-order valence-corrected chi connectivity index (χ4v) is 2.31. The van der Waals surface area contributed by atoms with Gasteiger partial charge in [-0.2, -0.15) is 0 Å². The van der Waals surface area contributed by atoms with Crippen LogP contribution < -0.4 is 5.32 Å². The molecule has 0 aliphatic carbocycles. The molecule has 17 heavy (non-hydrogen) atoms. The Balaban J connectivity index is 2.14. The van der Waals surface area contributed by atoms with E-state index in [2.05, 4.69) is 11.9 Å². The number of nitrogens with one attached hydrogen (secondary N) is 1. The molecule has 3 nitrogen and oxygen atoms in total. The summed E-state index contributed by atoms with van der Waals surface area (Å²) in [4.78, 5) is 14.0. The van der Waals surface area contributed by atoms with Crippen LogP contribution in [-0.4, -0.2) is 37.5 Å². The second-order valence-corrected chi connectivity index (χ2v) is 4.92. The normalized spacial score (nSPS) is 16.8. The molecule has 0 aromatic rings. The summed E-state index contributed by atoms with van der Waals surface area (Å²) < 4.78 is 0. The molecule has 0 saturated carbocycles. The Labute approximate surface area is 105 Å². The Kier molecular flexibility index (Phi) is 6.94.